The molecule has 2 aromatic carbocycles. The predicted octanol–water partition coefficient (Wildman–Crippen LogP) is 3.44. The molecule has 2 amide bonds. The lowest BCUT2D eigenvalue weighted by Gasteiger charge is -2.39. The van der Waals surface area contributed by atoms with E-state index in [0.29, 0.717) is 13.1 Å². The van der Waals surface area contributed by atoms with Crippen molar-refractivity contribution in [3.05, 3.63) is 72.6 Å². The number of hydrogen-bond acceptors (Lipinski definition) is 4. The summed E-state index contributed by atoms with van der Waals surface area (Å²) in [5.74, 6) is 0.103. The number of piperazine rings is 1. The fraction of sp³-hybridized carbons (Fsp3) is 0.346. The molecule has 2 saturated heterocycles. The Labute approximate surface area is 188 Å². The Bertz CT molecular complexity index is 1100. The normalized spacial score (nSPS) is 19.2. The molecule has 0 N–H and O–H groups in total. The van der Waals surface area contributed by atoms with E-state index in [1.807, 2.05) is 64.4 Å². The Balaban J connectivity index is 1.24. The first-order chi connectivity index (χ1) is 15.7. The van der Waals surface area contributed by atoms with Gasteiger partial charge in [-0.25, -0.2) is 0 Å². The summed E-state index contributed by atoms with van der Waals surface area (Å²) < 4.78 is 0. The van der Waals surface area contributed by atoms with Crippen molar-refractivity contribution in [1.82, 2.24) is 14.8 Å². The van der Waals surface area contributed by atoms with Gasteiger partial charge in [0.05, 0.1) is 5.92 Å². The third kappa shape index (κ3) is 4.05. The quantitative estimate of drug-likeness (QED) is 0.641. The van der Waals surface area contributed by atoms with Crippen LogP contribution in [0.3, 0.4) is 0 Å². The third-order valence-corrected chi connectivity index (χ3v) is 6.70. The van der Waals surface area contributed by atoms with Crippen molar-refractivity contribution in [2.45, 2.75) is 12.8 Å². The Morgan fingerprint density at radius 3 is 2.38 bits per heavy atom. The highest BCUT2D eigenvalue weighted by Crippen LogP contribution is 2.25. The Morgan fingerprint density at radius 2 is 1.56 bits per heavy atom. The van der Waals surface area contributed by atoms with E-state index in [0.717, 1.165) is 61.0 Å². The number of amides is 2. The molecule has 0 saturated carbocycles. The van der Waals surface area contributed by atoms with Crippen LogP contribution in [0, 0.1) is 5.92 Å². The van der Waals surface area contributed by atoms with Gasteiger partial charge in [-0.05, 0) is 41.8 Å². The van der Waals surface area contributed by atoms with Gasteiger partial charge in [-0.1, -0.05) is 36.4 Å². The Kier molecular flexibility index (Phi) is 5.75. The number of rotatable bonds is 3. The molecule has 1 unspecified atom stereocenters. The number of hydrogen-bond donors (Lipinski definition) is 0. The number of likely N-dealkylation sites (tertiary alicyclic amines) is 1. The number of pyridine rings is 1. The largest absolute Gasteiger partial charge is 0.368 e. The van der Waals surface area contributed by atoms with E-state index in [4.69, 9.17) is 0 Å². The van der Waals surface area contributed by atoms with Gasteiger partial charge in [-0.2, -0.15) is 0 Å². The molecule has 164 valence electrons. The maximum Gasteiger partial charge on any atom is 0.254 e. The number of fused-ring (bicyclic) bond motifs is 1. The van der Waals surface area contributed by atoms with Crippen LogP contribution in [0.15, 0.2) is 67.0 Å². The van der Waals surface area contributed by atoms with E-state index in [2.05, 4.69) is 9.88 Å². The number of nitrogens with zero attached hydrogens (tertiary/aromatic N) is 4. The third-order valence-electron chi connectivity index (χ3n) is 6.70. The van der Waals surface area contributed by atoms with E-state index < -0.39 is 0 Å². The molecule has 2 aliphatic heterocycles. The summed E-state index contributed by atoms with van der Waals surface area (Å²) in [5.41, 5.74) is 1.87. The summed E-state index contributed by atoms with van der Waals surface area (Å²) in [4.78, 5) is 36.9. The molecule has 1 aromatic heterocycles. The van der Waals surface area contributed by atoms with Crippen molar-refractivity contribution >= 4 is 28.3 Å². The summed E-state index contributed by atoms with van der Waals surface area (Å²) >= 11 is 0. The topological polar surface area (TPSA) is 56.8 Å². The molecule has 1 atom stereocenters. The minimum absolute atomic E-state index is 0.0295. The smallest absolute Gasteiger partial charge is 0.254 e. The van der Waals surface area contributed by atoms with Gasteiger partial charge in [-0.3, -0.25) is 14.6 Å². The van der Waals surface area contributed by atoms with Crippen LogP contribution in [0.2, 0.25) is 0 Å². The van der Waals surface area contributed by atoms with Crippen LogP contribution < -0.4 is 4.90 Å². The van der Waals surface area contributed by atoms with Gasteiger partial charge in [0.25, 0.3) is 5.91 Å². The first-order valence-electron chi connectivity index (χ1n) is 11.4. The number of piperidine rings is 1. The molecule has 2 fully saturated rings. The van der Waals surface area contributed by atoms with Gasteiger partial charge in [0.2, 0.25) is 5.91 Å². The van der Waals surface area contributed by atoms with E-state index in [9.17, 15) is 9.59 Å². The first-order valence-corrected chi connectivity index (χ1v) is 11.4. The van der Waals surface area contributed by atoms with Crippen molar-refractivity contribution in [3.8, 4) is 0 Å². The van der Waals surface area contributed by atoms with Gasteiger partial charge in [0.1, 0.15) is 0 Å². The fourth-order valence-corrected chi connectivity index (χ4v) is 4.94. The van der Waals surface area contributed by atoms with Crippen LogP contribution in [0.25, 0.3) is 10.8 Å². The highest BCUT2D eigenvalue weighted by atomic mass is 16.2. The zero-order valence-electron chi connectivity index (χ0n) is 18.2. The van der Waals surface area contributed by atoms with Gasteiger partial charge in [-0.15, -0.1) is 0 Å². The van der Waals surface area contributed by atoms with Crippen LogP contribution in [0.1, 0.15) is 23.2 Å². The van der Waals surface area contributed by atoms with Crippen LogP contribution in [-0.4, -0.2) is 65.9 Å². The van der Waals surface area contributed by atoms with E-state index >= 15 is 0 Å². The van der Waals surface area contributed by atoms with Crippen LogP contribution in [0.5, 0.6) is 0 Å². The van der Waals surface area contributed by atoms with Crippen LogP contribution in [0.4, 0.5) is 5.69 Å². The zero-order chi connectivity index (χ0) is 21.9. The van der Waals surface area contributed by atoms with Crippen molar-refractivity contribution in [1.29, 1.82) is 0 Å². The Morgan fingerprint density at radius 1 is 0.812 bits per heavy atom. The minimum atomic E-state index is -0.116. The van der Waals surface area contributed by atoms with E-state index in [1.165, 1.54) is 0 Å². The lowest BCUT2D eigenvalue weighted by molar-refractivity contribution is -0.137. The van der Waals surface area contributed by atoms with Gasteiger partial charge in [0, 0.05) is 62.9 Å². The molecule has 0 radical (unpaired) electrons. The average Bonchev–Trinajstić information content (AvgIpc) is 2.88. The summed E-state index contributed by atoms with van der Waals surface area (Å²) in [7, 11) is 0. The minimum Gasteiger partial charge on any atom is -0.368 e. The lowest BCUT2D eigenvalue weighted by atomic mass is 9.95. The molecule has 32 heavy (non-hydrogen) atoms. The number of benzene rings is 2. The van der Waals surface area contributed by atoms with E-state index in [-0.39, 0.29) is 17.7 Å². The highest BCUT2D eigenvalue weighted by molar-refractivity contribution is 6.07. The molecule has 6 nitrogen and oxygen atoms in total. The van der Waals surface area contributed by atoms with Crippen molar-refractivity contribution < 1.29 is 9.59 Å². The second-order valence-corrected chi connectivity index (χ2v) is 8.63. The second-order valence-electron chi connectivity index (χ2n) is 8.63. The Hall–Kier alpha value is -3.41. The van der Waals surface area contributed by atoms with Crippen molar-refractivity contribution in [2.75, 3.05) is 44.2 Å². The maximum absolute atomic E-state index is 13.3. The van der Waals surface area contributed by atoms with Gasteiger partial charge >= 0.3 is 0 Å². The lowest BCUT2D eigenvalue weighted by Crippen LogP contribution is -2.53. The molecular weight excluding hydrogens is 400 g/mol. The summed E-state index contributed by atoms with van der Waals surface area (Å²) in [6, 6.07) is 17.9. The number of anilines is 1. The molecule has 0 aliphatic carbocycles. The molecule has 2 aliphatic rings. The second kappa shape index (κ2) is 8.99. The molecule has 0 spiro atoms. The zero-order valence-corrected chi connectivity index (χ0v) is 18.2. The highest BCUT2D eigenvalue weighted by Gasteiger charge is 2.33. The predicted molar refractivity (Wildman–Crippen MR) is 126 cm³/mol. The monoisotopic (exact) mass is 428 g/mol. The van der Waals surface area contributed by atoms with Crippen molar-refractivity contribution in [2.24, 2.45) is 5.92 Å². The SMILES string of the molecule is O=C(c1cccc2ccccc12)N1CCCC(C(=O)N2CCN(c3ccncc3)CC2)C1. The molecular formula is C26H28N4O2. The fourth-order valence-electron chi connectivity index (χ4n) is 4.94. The summed E-state index contributed by atoms with van der Waals surface area (Å²) in [5, 5.41) is 2.04. The molecule has 5 rings (SSSR count). The molecule has 0 bridgehead atoms. The maximum atomic E-state index is 13.3. The summed E-state index contributed by atoms with van der Waals surface area (Å²) in [6.45, 7) is 4.29. The van der Waals surface area contributed by atoms with Gasteiger partial charge in [0.15, 0.2) is 0 Å². The van der Waals surface area contributed by atoms with Gasteiger partial charge < -0.3 is 14.7 Å². The standard InChI is InChI=1S/C26H28N4O2/c31-25(29-17-15-28(16-18-29)22-10-12-27-13-11-22)21-7-4-14-30(19-21)26(32)24-9-3-6-20-5-1-2-8-23(20)24/h1-3,5-6,8-13,21H,4,7,14-19H2. The summed E-state index contributed by atoms with van der Waals surface area (Å²) in [6.07, 6.45) is 5.32. The molecule has 3 heterocycles. The average molecular weight is 429 g/mol. The molecule has 3 aromatic rings. The number of carbonyl (C=O) groups is 2. The first kappa shape index (κ1) is 20.5. The number of carbonyl (C=O) groups excluding carboxylic acids is 2. The van der Waals surface area contributed by atoms with Crippen molar-refractivity contribution in [3.63, 3.8) is 0 Å². The van der Waals surface area contributed by atoms with Crippen LogP contribution in [-0.2, 0) is 4.79 Å². The number of aromatic nitrogens is 1. The van der Waals surface area contributed by atoms with E-state index in [1.54, 1.807) is 12.4 Å². The molecule has 6 heteroatoms. The van der Waals surface area contributed by atoms with Crippen LogP contribution >= 0.6 is 0 Å².